The summed E-state index contributed by atoms with van der Waals surface area (Å²) in [6, 6.07) is 7.67. The van der Waals surface area contributed by atoms with Crippen molar-refractivity contribution >= 4 is 28.9 Å². The molecule has 8 heteroatoms. The fraction of sp³-hybridized carbons (Fsp3) is 0.250. The molecule has 2 aliphatic heterocycles. The van der Waals surface area contributed by atoms with Crippen LogP contribution in [0.3, 0.4) is 0 Å². The zero-order valence-corrected chi connectivity index (χ0v) is 15.9. The SMILES string of the molecule is CCN1/C(=C(\N)c2nc(NC(=O)[C@@H]3C=CCN3)ncc2C)Nc2ccccc21. The van der Waals surface area contributed by atoms with Crippen LogP contribution in [0.5, 0.6) is 0 Å². The third kappa shape index (κ3) is 3.18. The fourth-order valence-corrected chi connectivity index (χ4v) is 3.39. The van der Waals surface area contributed by atoms with E-state index in [4.69, 9.17) is 5.73 Å². The van der Waals surface area contributed by atoms with Crippen LogP contribution in [0.4, 0.5) is 17.3 Å². The van der Waals surface area contributed by atoms with E-state index in [0.717, 1.165) is 29.3 Å². The number of benzene rings is 1. The molecule has 144 valence electrons. The summed E-state index contributed by atoms with van der Waals surface area (Å²) < 4.78 is 0. The molecule has 4 rings (SSSR count). The van der Waals surface area contributed by atoms with Crippen molar-refractivity contribution in [2.45, 2.75) is 19.9 Å². The largest absolute Gasteiger partial charge is 0.394 e. The van der Waals surface area contributed by atoms with Gasteiger partial charge in [0.25, 0.3) is 0 Å². The molecule has 8 nitrogen and oxygen atoms in total. The van der Waals surface area contributed by atoms with E-state index < -0.39 is 0 Å². The average molecular weight is 377 g/mol. The summed E-state index contributed by atoms with van der Waals surface area (Å²) >= 11 is 0. The number of aromatic nitrogens is 2. The molecule has 2 aromatic rings. The van der Waals surface area contributed by atoms with Crippen molar-refractivity contribution in [1.29, 1.82) is 0 Å². The molecular formula is C20H23N7O. The van der Waals surface area contributed by atoms with E-state index in [0.29, 0.717) is 17.9 Å². The molecule has 0 bridgehead atoms. The number of hydrogen-bond donors (Lipinski definition) is 4. The van der Waals surface area contributed by atoms with E-state index in [2.05, 4.69) is 37.7 Å². The number of fused-ring (bicyclic) bond motifs is 1. The van der Waals surface area contributed by atoms with Crippen LogP contribution in [-0.4, -0.2) is 35.0 Å². The van der Waals surface area contributed by atoms with Crippen LogP contribution in [-0.2, 0) is 4.79 Å². The van der Waals surface area contributed by atoms with Crippen LogP contribution >= 0.6 is 0 Å². The van der Waals surface area contributed by atoms with E-state index >= 15 is 0 Å². The van der Waals surface area contributed by atoms with Gasteiger partial charge in [-0.2, -0.15) is 0 Å². The number of nitrogens with zero attached hydrogens (tertiary/aromatic N) is 3. The summed E-state index contributed by atoms with van der Waals surface area (Å²) in [6.07, 6.45) is 5.40. The molecule has 3 heterocycles. The maximum absolute atomic E-state index is 12.3. The molecule has 2 aliphatic rings. The first-order valence-corrected chi connectivity index (χ1v) is 9.26. The van der Waals surface area contributed by atoms with Crippen molar-refractivity contribution in [2.75, 3.05) is 28.6 Å². The number of rotatable bonds is 4. The van der Waals surface area contributed by atoms with Crippen LogP contribution < -0.4 is 26.6 Å². The molecule has 0 saturated carbocycles. The van der Waals surface area contributed by atoms with Gasteiger partial charge in [0.1, 0.15) is 11.9 Å². The normalized spacial score (nSPS) is 19.4. The predicted molar refractivity (Wildman–Crippen MR) is 111 cm³/mol. The Morgan fingerprint density at radius 2 is 2.21 bits per heavy atom. The Kier molecular flexibility index (Phi) is 4.70. The van der Waals surface area contributed by atoms with Gasteiger partial charge in [0.05, 0.1) is 22.8 Å². The van der Waals surface area contributed by atoms with Gasteiger partial charge in [-0.25, -0.2) is 9.97 Å². The highest BCUT2D eigenvalue weighted by Crippen LogP contribution is 2.37. The van der Waals surface area contributed by atoms with Gasteiger partial charge in [0.15, 0.2) is 0 Å². The lowest BCUT2D eigenvalue weighted by atomic mass is 10.2. The summed E-state index contributed by atoms with van der Waals surface area (Å²) in [5.74, 6) is 0.814. The molecule has 1 aromatic heterocycles. The molecule has 1 amide bonds. The minimum atomic E-state index is -0.370. The van der Waals surface area contributed by atoms with E-state index in [1.165, 1.54) is 0 Å². The average Bonchev–Trinajstić information content (AvgIpc) is 3.36. The standard InChI is InChI=1S/C20H23N7O/c1-3-27-15-9-5-4-7-13(15)24-18(27)16(21)17-12(2)11-23-20(25-17)26-19(28)14-8-6-10-22-14/h4-9,11,14,22,24H,3,10,21H2,1-2H3,(H,23,25,26,28)/b18-16-/t14-/m0/s1. The first-order valence-electron chi connectivity index (χ1n) is 9.26. The third-order valence-electron chi connectivity index (χ3n) is 4.82. The Morgan fingerprint density at radius 1 is 1.39 bits per heavy atom. The van der Waals surface area contributed by atoms with Crippen LogP contribution in [0.15, 0.2) is 48.4 Å². The molecular weight excluding hydrogens is 354 g/mol. The first-order chi connectivity index (χ1) is 13.6. The van der Waals surface area contributed by atoms with Gasteiger partial charge in [-0.05, 0) is 31.5 Å². The summed E-state index contributed by atoms with van der Waals surface area (Å²) in [6.45, 7) is 5.40. The number of anilines is 3. The lowest BCUT2D eigenvalue weighted by Crippen LogP contribution is -2.36. The number of hydrogen-bond acceptors (Lipinski definition) is 7. The number of carbonyl (C=O) groups is 1. The Balaban J connectivity index is 1.66. The van der Waals surface area contributed by atoms with Gasteiger partial charge in [-0.15, -0.1) is 0 Å². The minimum Gasteiger partial charge on any atom is -0.394 e. The summed E-state index contributed by atoms with van der Waals surface area (Å²) in [7, 11) is 0. The Labute approximate surface area is 163 Å². The molecule has 0 unspecified atom stereocenters. The van der Waals surface area contributed by atoms with Gasteiger partial charge in [0.2, 0.25) is 11.9 Å². The van der Waals surface area contributed by atoms with Crippen molar-refractivity contribution < 1.29 is 4.79 Å². The molecule has 5 N–H and O–H groups in total. The maximum Gasteiger partial charge on any atom is 0.247 e. The second kappa shape index (κ2) is 7.32. The Hall–Kier alpha value is -3.39. The van der Waals surface area contributed by atoms with E-state index in [1.54, 1.807) is 6.20 Å². The van der Waals surface area contributed by atoms with Crippen molar-refractivity contribution in [1.82, 2.24) is 15.3 Å². The predicted octanol–water partition coefficient (Wildman–Crippen LogP) is 1.79. The molecule has 0 aliphatic carbocycles. The lowest BCUT2D eigenvalue weighted by Gasteiger charge is -2.20. The third-order valence-corrected chi connectivity index (χ3v) is 4.82. The van der Waals surface area contributed by atoms with E-state index in [-0.39, 0.29) is 17.9 Å². The van der Waals surface area contributed by atoms with Crippen LogP contribution in [0, 0.1) is 6.92 Å². The van der Waals surface area contributed by atoms with E-state index in [9.17, 15) is 4.79 Å². The fourth-order valence-electron chi connectivity index (χ4n) is 3.39. The smallest absolute Gasteiger partial charge is 0.247 e. The highest BCUT2D eigenvalue weighted by atomic mass is 16.2. The van der Waals surface area contributed by atoms with Gasteiger partial charge in [-0.3, -0.25) is 15.4 Å². The molecule has 1 aromatic carbocycles. The highest BCUT2D eigenvalue weighted by Gasteiger charge is 2.26. The van der Waals surface area contributed by atoms with Crippen molar-refractivity contribution in [3.05, 3.63) is 59.7 Å². The van der Waals surface area contributed by atoms with Gasteiger partial charge in [-0.1, -0.05) is 24.3 Å². The van der Waals surface area contributed by atoms with Crippen molar-refractivity contribution in [3.8, 4) is 0 Å². The maximum atomic E-state index is 12.3. The number of carbonyl (C=O) groups excluding carboxylic acids is 1. The minimum absolute atomic E-state index is 0.198. The summed E-state index contributed by atoms with van der Waals surface area (Å²) in [5.41, 5.74) is 10.5. The molecule has 28 heavy (non-hydrogen) atoms. The van der Waals surface area contributed by atoms with Crippen molar-refractivity contribution in [3.63, 3.8) is 0 Å². The second-order valence-corrected chi connectivity index (χ2v) is 6.68. The Bertz CT molecular complexity index is 982. The van der Waals surface area contributed by atoms with Gasteiger partial charge < -0.3 is 16.0 Å². The monoisotopic (exact) mass is 377 g/mol. The summed E-state index contributed by atoms with van der Waals surface area (Å²) in [4.78, 5) is 23.2. The molecule has 0 fully saturated rings. The number of nitrogens with one attached hydrogen (secondary N) is 3. The van der Waals surface area contributed by atoms with Crippen LogP contribution in [0.25, 0.3) is 5.70 Å². The zero-order valence-electron chi connectivity index (χ0n) is 15.9. The Morgan fingerprint density at radius 3 is 2.96 bits per heavy atom. The number of amides is 1. The van der Waals surface area contributed by atoms with Gasteiger partial charge in [0, 0.05) is 19.3 Å². The topological polar surface area (TPSA) is 108 Å². The van der Waals surface area contributed by atoms with Crippen LogP contribution in [0.2, 0.25) is 0 Å². The quantitative estimate of drug-likeness (QED) is 0.602. The second-order valence-electron chi connectivity index (χ2n) is 6.68. The molecule has 0 spiro atoms. The first kappa shape index (κ1) is 18.0. The zero-order chi connectivity index (χ0) is 19.7. The highest BCUT2D eigenvalue weighted by molar-refractivity contribution is 5.95. The molecule has 0 saturated heterocycles. The summed E-state index contributed by atoms with van der Waals surface area (Å²) in [5, 5.41) is 9.20. The van der Waals surface area contributed by atoms with Crippen LogP contribution in [0.1, 0.15) is 18.2 Å². The molecule has 1 atom stereocenters. The number of nitrogens with two attached hydrogens (primary N) is 1. The number of aryl methyl sites for hydroxylation is 1. The van der Waals surface area contributed by atoms with Gasteiger partial charge >= 0.3 is 0 Å². The number of para-hydroxylation sites is 2. The molecule has 0 radical (unpaired) electrons. The lowest BCUT2D eigenvalue weighted by molar-refractivity contribution is -0.117. The van der Waals surface area contributed by atoms with Crippen molar-refractivity contribution in [2.24, 2.45) is 5.73 Å². The van der Waals surface area contributed by atoms with E-state index in [1.807, 2.05) is 43.3 Å².